The van der Waals surface area contributed by atoms with Crippen molar-refractivity contribution in [2.45, 2.75) is 25.8 Å². The summed E-state index contributed by atoms with van der Waals surface area (Å²) in [6, 6.07) is 21.3. The third-order valence-corrected chi connectivity index (χ3v) is 6.69. The van der Waals surface area contributed by atoms with Gasteiger partial charge in [0.2, 0.25) is 5.91 Å². The van der Waals surface area contributed by atoms with Crippen LogP contribution in [0.1, 0.15) is 18.9 Å². The fourth-order valence-corrected chi connectivity index (χ4v) is 4.70. The molecule has 0 spiro atoms. The monoisotopic (exact) mass is 533 g/mol. The first-order valence-corrected chi connectivity index (χ1v) is 12.8. The standard InChI is InChI=1S/C29H31N3O5S/c1-4-37-25-13-7-21(8-14-25)30-27(33)19-26-28(34)32(22-9-15-24(36-3)16-10-22)29(38)31(26)18-17-20-5-11-23(35-2)12-6-20/h5-16,26H,4,17-19H2,1-3H3,(H,30,33). The van der Waals surface area contributed by atoms with Crippen LogP contribution in [0, 0.1) is 0 Å². The molecule has 0 saturated carbocycles. The number of hydrogen-bond donors (Lipinski definition) is 1. The van der Waals surface area contributed by atoms with Crippen LogP contribution < -0.4 is 24.4 Å². The molecular weight excluding hydrogens is 502 g/mol. The van der Waals surface area contributed by atoms with E-state index in [4.69, 9.17) is 26.4 Å². The molecule has 9 heteroatoms. The van der Waals surface area contributed by atoms with Gasteiger partial charge < -0.3 is 24.4 Å². The molecule has 0 radical (unpaired) electrons. The van der Waals surface area contributed by atoms with Crippen molar-refractivity contribution in [2.24, 2.45) is 0 Å². The first-order valence-electron chi connectivity index (χ1n) is 12.4. The van der Waals surface area contributed by atoms with Crippen LogP contribution >= 0.6 is 12.2 Å². The minimum Gasteiger partial charge on any atom is -0.497 e. The minimum atomic E-state index is -0.731. The molecule has 0 bridgehead atoms. The molecule has 1 aliphatic heterocycles. The molecule has 3 aromatic carbocycles. The Morgan fingerprint density at radius 2 is 1.47 bits per heavy atom. The molecule has 1 atom stereocenters. The van der Waals surface area contributed by atoms with Gasteiger partial charge >= 0.3 is 0 Å². The van der Waals surface area contributed by atoms with Crippen molar-refractivity contribution in [1.82, 2.24) is 4.90 Å². The molecule has 1 fully saturated rings. The van der Waals surface area contributed by atoms with E-state index in [9.17, 15) is 9.59 Å². The van der Waals surface area contributed by atoms with Gasteiger partial charge in [-0.1, -0.05) is 12.1 Å². The van der Waals surface area contributed by atoms with Crippen LogP contribution in [0.4, 0.5) is 11.4 Å². The maximum Gasteiger partial charge on any atom is 0.256 e. The number of ether oxygens (including phenoxy) is 3. The molecule has 1 unspecified atom stereocenters. The molecule has 38 heavy (non-hydrogen) atoms. The van der Waals surface area contributed by atoms with Crippen molar-refractivity contribution in [3.8, 4) is 17.2 Å². The molecule has 1 heterocycles. The van der Waals surface area contributed by atoms with Gasteiger partial charge in [0, 0.05) is 12.2 Å². The summed E-state index contributed by atoms with van der Waals surface area (Å²) in [5.41, 5.74) is 2.33. The van der Waals surface area contributed by atoms with E-state index in [1.165, 1.54) is 4.90 Å². The number of amides is 2. The normalized spacial score (nSPS) is 15.0. The first kappa shape index (κ1) is 26.9. The highest BCUT2D eigenvalue weighted by molar-refractivity contribution is 7.80. The van der Waals surface area contributed by atoms with E-state index in [1.54, 1.807) is 62.8 Å². The maximum atomic E-state index is 13.6. The van der Waals surface area contributed by atoms with Crippen molar-refractivity contribution in [3.05, 3.63) is 78.4 Å². The minimum absolute atomic E-state index is 0.0402. The number of anilines is 2. The van der Waals surface area contributed by atoms with Crippen molar-refractivity contribution < 1.29 is 23.8 Å². The molecule has 198 valence electrons. The van der Waals surface area contributed by atoms with Crippen LogP contribution in [0.15, 0.2) is 72.8 Å². The lowest BCUT2D eigenvalue weighted by molar-refractivity contribution is -0.124. The quantitative estimate of drug-likeness (QED) is 0.359. The summed E-state index contributed by atoms with van der Waals surface area (Å²) in [6.45, 7) is 2.95. The van der Waals surface area contributed by atoms with E-state index >= 15 is 0 Å². The van der Waals surface area contributed by atoms with Crippen LogP contribution in [0.3, 0.4) is 0 Å². The number of benzene rings is 3. The molecule has 3 aromatic rings. The van der Waals surface area contributed by atoms with Gasteiger partial charge in [-0.25, -0.2) is 0 Å². The average Bonchev–Trinajstić information content (AvgIpc) is 3.17. The molecular formula is C29H31N3O5S. The number of nitrogens with zero attached hydrogens (tertiary/aromatic N) is 2. The Kier molecular flexibility index (Phi) is 8.81. The summed E-state index contributed by atoms with van der Waals surface area (Å²) in [4.78, 5) is 30.0. The topological polar surface area (TPSA) is 80.3 Å². The Morgan fingerprint density at radius 1 is 0.895 bits per heavy atom. The van der Waals surface area contributed by atoms with E-state index in [0.717, 1.165) is 17.1 Å². The average molecular weight is 534 g/mol. The van der Waals surface area contributed by atoms with Gasteiger partial charge in [-0.3, -0.25) is 14.5 Å². The van der Waals surface area contributed by atoms with Crippen LogP contribution in [-0.4, -0.2) is 55.2 Å². The second kappa shape index (κ2) is 12.4. The molecule has 0 aliphatic carbocycles. The smallest absolute Gasteiger partial charge is 0.256 e. The largest absolute Gasteiger partial charge is 0.497 e. The highest BCUT2D eigenvalue weighted by Gasteiger charge is 2.43. The highest BCUT2D eigenvalue weighted by Crippen LogP contribution is 2.29. The summed E-state index contributed by atoms with van der Waals surface area (Å²) in [5.74, 6) is 1.66. The van der Waals surface area contributed by atoms with Crippen LogP contribution in [0.5, 0.6) is 17.2 Å². The zero-order valence-corrected chi connectivity index (χ0v) is 22.5. The summed E-state index contributed by atoms with van der Waals surface area (Å²) < 4.78 is 15.9. The Balaban J connectivity index is 1.52. The number of hydrogen-bond acceptors (Lipinski definition) is 6. The van der Waals surface area contributed by atoms with Crippen molar-refractivity contribution in [3.63, 3.8) is 0 Å². The zero-order chi connectivity index (χ0) is 27.1. The first-order chi connectivity index (χ1) is 18.4. The van der Waals surface area contributed by atoms with Gasteiger partial charge in [-0.05, 0) is 91.8 Å². The SMILES string of the molecule is CCOc1ccc(NC(=O)CC2C(=O)N(c3ccc(OC)cc3)C(=S)N2CCc2ccc(OC)cc2)cc1. The highest BCUT2D eigenvalue weighted by atomic mass is 32.1. The lowest BCUT2D eigenvalue weighted by Gasteiger charge is -2.24. The molecule has 2 amide bonds. The summed E-state index contributed by atoms with van der Waals surface area (Å²) in [5, 5.41) is 3.25. The Morgan fingerprint density at radius 3 is 2.05 bits per heavy atom. The Labute approximate surface area is 228 Å². The Hall–Kier alpha value is -4.11. The summed E-state index contributed by atoms with van der Waals surface area (Å²) >= 11 is 5.77. The Bertz CT molecular complexity index is 1260. The van der Waals surface area contributed by atoms with Gasteiger partial charge in [0.15, 0.2) is 5.11 Å². The molecule has 4 rings (SSSR count). The fourth-order valence-electron chi connectivity index (χ4n) is 4.29. The van der Waals surface area contributed by atoms with Crippen LogP contribution in [0.25, 0.3) is 0 Å². The molecule has 1 N–H and O–H groups in total. The van der Waals surface area contributed by atoms with E-state index in [2.05, 4.69) is 5.32 Å². The lowest BCUT2D eigenvalue weighted by Crippen LogP contribution is -2.39. The van der Waals surface area contributed by atoms with Gasteiger partial charge in [0.25, 0.3) is 5.91 Å². The van der Waals surface area contributed by atoms with Crippen molar-refractivity contribution in [1.29, 1.82) is 0 Å². The maximum absolute atomic E-state index is 13.6. The number of nitrogens with one attached hydrogen (secondary N) is 1. The van der Waals surface area contributed by atoms with E-state index in [0.29, 0.717) is 41.8 Å². The summed E-state index contributed by atoms with van der Waals surface area (Å²) in [7, 11) is 3.21. The third-order valence-electron chi connectivity index (χ3n) is 6.28. The molecule has 1 aliphatic rings. The third kappa shape index (κ3) is 6.23. The predicted octanol–water partition coefficient (Wildman–Crippen LogP) is 4.68. The van der Waals surface area contributed by atoms with E-state index < -0.39 is 6.04 Å². The predicted molar refractivity (Wildman–Crippen MR) is 151 cm³/mol. The van der Waals surface area contributed by atoms with Crippen LogP contribution in [0.2, 0.25) is 0 Å². The van der Waals surface area contributed by atoms with Gasteiger partial charge in [-0.2, -0.15) is 0 Å². The second-order valence-electron chi connectivity index (χ2n) is 8.67. The van der Waals surface area contributed by atoms with E-state index in [1.807, 2.05) is 36.1 Å². The van der Waals surface area contributed by atoms with Gasteiger partial charge in [0.05, 0.1) is 32.9 Å². The van der Waals surface area contributed by atoms with Crippen molar-refractivity contribution >= 4 is 40.5 Å². The number of carbonyl (C=O) groups excluding carboxylic acids is 2. The van der Waals surface area contributed by atoms with Gasteiger partial charge in [-0.15, -0.1) is 0 Å². The van der Waals surface area contributed by atoms with Crippen molar-refractivity contribution in [2.75, 3.05) is 37.6 Å². The molecule has 8 nitrogen and oxygen atoms in total. The number of rotatable bonds is 11. The zero-order valence-electron chi connectivity index (χ0n) is 21.7. The van der Waals surface area contributed by atoms with Gasteiger partial charge in [0.1, 0.15) is 23.3 Å². The fraction of sp³-hybridized carbons (Fsp3) is 0.276. The number of thiocarbonyl (C=S) groups is 1. The number of methoxy groups -OCH3 is 2. The lowest BCUT2D eigenvalue weighted by atomic mass is 10.1. The molecule has 0 aromatic heterocycles. The second-order valence-corrected chi connectivity index (χ2v) is 9.04. The number of carbonyl (C=O) groups is 2. The summed E-state index contributed by atoms with van der Waals surface area (Å²) in [6.07, 6.45) is 0.604. The van der Waals surface area contributed by atoms with E-state index in [-0.39, 0.29) is 18.2 Å². The molecule has 1 saturated heterocycles. The van der Waals surface area contributed by atoms with Crippen LogP contribution in [-0.2, 0) is 16.0 Å².